The Morgan fingerprint density at radius 1 is 1.11 bits per heavy atom. The molecule has 7 nitrogen and oxygen atoms in total. The lowest BCUT2D eigenvalue weighted by atomic mass is 9.97. The van der Waals surface area contributed by atoms with Crippen molar-refractivity contribution >= 4 is 23.3 Å². The van der Waals surface area contributed by atoms with Gasteiger partial charge in [-0.3, -0.25) is 9.69 Å². The molecule has 4 heterocycles. The van der Waals surface area contributed by atoms with Crippen LogP contribution >= 0.6 is 11.6 Å². The number of anilines is 1. The summed E-state index contributed by atoms with van der Waals surface area (Å²) in [6, 6.07) is 1.77. The molecule has 3 aliphatic heterocycles. The van der Waals surface area contributed by atoms with E-state index in [-0.39, 0.29) is 5.91 Å². The van der Waals surface area contributed by atoms with E-state index in [1.54, 1.807) is 17.2 Å². The highest BCUT2D eigenvalue weighted by Crippen LogP contribution is 2.29. The van der Waals surface area contributed by atoms with E-state index < -0.39 is 0 Å². The predicted octanol–water partition coefficient (Wildman–Crippen LogP) is 1.76. The van der Waals surface area contributed by atoms with Crippen molar-refractivity contribution in [3.05, 3.63) is 22.8 Å². The lowest BCUT2D eigenvalue weighted by Crippen LogP contribution is -2.45. The van der Waals surface area contributed by atoms with Crippen molar-refractivity contribution in [1.29, 1.82) is 0 Å². The zero-order valence-corrected chi connectivity index (χ0v) is 17.1. The van der Waals surface area contributed by atoms with Crippen molar-refractivity contribution < 1.29 is 14.3 Å². The van der Waals surface area contributed by atoms with Crippen LogP contribution in [0.2, 0.25) is 5.02 Å². The van der Waals surface area contributed by atoms with E-state index in [4.69, 9.17) is 21.1 Å². The summed E-state index contributed by atoms with van der Waals surface area (Å²) in [5.41, 5.74) is 0.553. The van der Waals surface area contributed by atoms with Gasteiger partial charge in [0, 0.05) is 52.0 Å². The smallest absolute Gasteiger partial charge is 0.255 e. The van der Waals surface area contributed by atoms with E-state index in [0.717, 1.165) is 58.2 Å². The fourth-order valence-corrected chi connectivity index (χ4v) is 4.57. The first kappa shape index (κ1) is 19.9. The van der Waals surface area contributed by atoms with Gasteiger partial charge in [-0.05, 0) is 24.8 Å². The van der Waals surface area contributed by atoms with Crippen LogP contribution in [0.5, 0.6) is 0 Å². The van der Waals surface area contributed by atoms with Crippen molar-refractivity contribution in [2.45, 2.75) is 12.8 Å². The number of halogens is 1. The highest BCUT2D eigenvalue weighted by molar-refractivity contribution is 6.33. The molecule has 0 radical (unpaired) electrons. The molecule has 1 amide bonds. The van der Waals surface area contributed by atoms with Crippen LogP contribution in [0, 0.1) is 5.92 Å². The number of carbonyl (C=O) groups is 1. The highest BCUT2D eigenvalue weighted by atomic mass is 35.5. The molecular weight excluding hydrogens is 380 g/mol. The van der Waals surface area contributed by atoms with Gasteiger partial charge >= 0.3 is 0 Å². The first-order chi connectivity index (χ1) is 13.7. The minimum absolute atomic E-state index is 0.0203. The number of pyridine rings is 1. The van der Waals surface area contributed by atoms with Crippen molar-refractivity contribution in [2.24, 2.45) is 5.92 Å². The summed E-state index contributed by atoms with van der Waals surface area (Å²) in [5, 5.41) is 0.561. The molecule has 3 aliphatic rings. The Morgan fingerprint density at radius 2 is 1.82 bits per heavy atom. The second-order valence-electron chi connectivity index (χ2n) is 7.80. The molecular formula is C20H29ClN4O3. The van der Waals surface area contributed by atoms with Gasteiger partial charge in [0.15, 0.2) is 0 Å². The molecule has 0 spiro atoms. The van der Waals surface area contributed by atoms with Gasteiger partial charge in [-0.25, -0.2) is 4.98 Å². The van der Waals surface area contributed by atoms with Crippen LogP contribution < -0.4 is 4.90 Å². The molecule has 1 unspecified atom stereocenters. The number of aromatic nitrogens is 1. The minimum Gasteiger partial charge on any atom is -0.379 e. The summed E-state index contributed by atoms with van der Waals surface area (Å²) in [5.74, 6) is 1.39. The second kappa shape index (κ2) is 9.39. The second-order valence-corrected chi connectivity index (χ2v) is 8.21. The standard InChI is InChI=1S/C20H29ClN4O3/c21-18-12-17(20(26)24-6-10-28-11-7-24)13-22-19(18)25-3-1-2-16(15-25)14-23-4-8-27-9-5-23/h12-13,16H,1-11,14-15H2. The third-order valence-electron chi connectivity index (χ3n) is 5.81. The SMILES string of the molecule is O=C(c1cnc(N2CCCC(CN3CCOCC3)C2)c(Cl)c1)N1CCOCC1. The summed E-state index contributed by atoms with van der Waals surface area (Å²) in [4.78, 5) is 23.8. The summed E-state index contributed by atoms with van der Waals surface area (Å²) in [6.45, 7) is 9.15. The predicted molar refractivity (Wildman–Crippen MR) is 108 cm³/mol. The van der Waals surface area contributed by atoms with Crippen LogP contribution in [-0.2, 0) is 9.47 Å². The maximum Gasteiger partial charge on any atom is 0.255 e. The van der Waals surface area contributed by atoms with E-state index >= 15 is 0 Å². The van der Waals surface area contributed by atoms with E-state index in [1.807, 2.05) is 0 Å². The Bertz CT molecular complexity index is 677. The van der Waals surface area contributed by atoms with Gasteiger partial charge in [0.2, 0.25) is 0 Å². The Hall–Kier alpha value is -1.41. The maximum absolute atomic E-state index is 12.7. The van der Waals surface area contributed by atoms with Gasteiger partial charge in [0.25, 0.3) is 5.91 Å². The fraction of sp³-hybridized carbons (Fsp3) is 0.700. The largest absolute Gasteiger partial charge is 0.379 e. The summed E-state index contributed by atoms with van der Waals surface area (Å²) in [7, 11) is 0. The number of carbonyl (C=O) groups excluding carboxylic acids is 1. The number of amides is 1. The molecule has 1 aromatic rings. The summed E-state index contributed by atoms with van der Waals surface area (Å²) in [6.07, 6.45) is 4.05. The quantitative estimate of drug-likeness (QED) is 0.756. The molecule has 0 saturated carbocycles. The molecule has 0 aliphatic carbocycles. The molecule has 28 heavy (non-hydrogen) atoms. The van der Waals surface area contributed by atoms with E-state index in [2.05, 4.69) is 14.8 Å². The molecule has 4 rings (SSSR count). The van der Waals surface area contributed by atoms with Crippen LogP contribution in [0.15, 0.2) is 12.3 Å². The zero-order chi connectivity index (χ0) is 19.3. The van der Waals surface area contributed by atoms with Crippen molar-refractivity contribution in [3.8, 4) is 0 Å². The molecule has 154 valence electrons. The number of ether oxygens (including phenoxy) is 2. The van der Waals surface area contributed by atoms with E-state index in [9.17, 15) is 4.79 Å². The van der Waals surface area contributed by atoms with Crippen molar-refractivity contribution in [1.82, 2.24) is 14.8 Å². The van der Waals surface area contributed by atoms with Gasteiger partial charge in [-0.15, -0.1) is 0 Å². The normalized spacial score (nSPS) is 24.4. The van der Waals surface area contributed by atoms with Crippen LogP contribution in [-0.4, -0.2) is 92.9 Å². The van der Waals surface area contributed by atoms with Crippen LogP contribution in [0.25, 0.3) is 0 Å². The Balaban J connectivity index is 1.39. The maximum atomic E-state index is 12.7. The Labute approximate surface area is 171 Å². The molecule has 1 atom stereocenters. The molecule has 0 bridgehead atoms. The molecule has 0 aromatic carbocycles. The third kappa shape index (κ3) is 4.76. The highest BCUT2D eigenvalue weighted by Gasteiger charge is 2.26. The van der Waals surface area contributed by atoms with Gasteiger partial charge in [-0.2, -0.15) is 0 Å². The average molecular weight is 409 g/mol. The molecule has 1 aromatic heterocycles. The number of morpholine rings is 2. The number of hydrogen-bond donors (Lipinski definition) is 0. The molecule has 8 heteroatoms. The van der Waals surface area contributed by atoms with Crippen LogP contribution in [0.3, 0.4) is 0 Å². The van der Waals surface area contributed by atoms with Crippen LogP contribution in [0.1, 0.15) is 23.2 Å². The molecule has 0 N–H and O–H groups in total. The minimum atomic E-state index is -0.0203. The van der Waals surface area contributed by atoms with Gasteiger partial charge in [0.05, 0.1) is 37.0 Å². The van der Waals surface area contributed by atoms with Crippen molar-refractivity contribution in [2.75, 3.05) is 77.1 Å². The average Bonchev–Trinajstić information content (AvgIpc) is 2.75. The lowest BCUT2D eigenvalue weighted by Gasteiger charge is -2.37. The van der Waals surface area contributed by atoms with E-state index in [1.165, 1.54) is 6.42 Å². The fourth-order valence-electron chi connectivity index (χ4n) is 4.28. The Morgan fingerprint density at radius 3 is 2.54 bits per heavy atom. The summed E-state index contributed by atoms with van der Waals surface area (Å²) < 4.78 is 10.8. The van der Waals surface area contributed by atoms with Crippen LogP contribution in [0.4, 0.5) is 5.82 Å². The summed E-state index contributed by atoms with van der Waals surface area (Å²) >= 11 is 6.56. The number of nitrogens with zero attached hydrogens (tertiary/aromatic N) is 4. The monoisotopic (exact) mass is 408 g/mol. The lowest BCUT2D eigenvalue weighted by molar-refractivity contribution is 0.0296. The third-order valence-corrected chi connectivity index (χ3v) is 6.08. The molecule has 3 fully saturated rings. The van der Waals surface area contributed by atoms with Gasteiger partial charge in [-0.1, -0.05) is 11.6 Å². The van der Waals surface area contributed by atoms with E-state index in [0.29, 0.717) is 42.8 Å². The molecule has 3 saturated heterocycles. The van der Waals surface area contributed by atoms with Crippen molar-refractivity contribution in [3.63, 3.8) is 0 Å². The topological polar surface area (TPSA) is 58.1 Å². The number of piperidine rings is 1. The Kier molecular flexibility index (Phi) is 6.67. The van der Waals surface area contributed by atoms with Gasteiger partial charge in [0.1, 0.15) is 5.82 Å². The van der Waals surface area contributed by atoms with Gasteiger partial charge < -0.3 is 19.3 Å². The number of hydrogen-bond acceptors (Lipinski definition) is 6. The zero-order valence-electron chi connectivity index (χ0n) is 16.3. The first-order valence-corrected chi connectivity index (χ1v) is 10.7. The number of rotatable bonds is 4. The first-order valence-electron chi connectivity index (χ1n) is 10.3.